The van der Waals surface area contributed by atoms with Crippen LogP contribution in [0, 0.1) is 0 Å². The highest BCUT2D eigenvalue weighted by Gasteiger charge is 2.15. The van der Waals surface area contributed by atoms with Crippen LogP contribution in [0.1, 0.15) is 40.5 Å². The van der Waals surface area contributed by atoms with Crippen molar-refractivity contribution in [1.29, 1.82) is 0 Å². The summed E-state index contributed by atoms with van der Waals surface area (Å²) < 4.78 is 0. The first kappa shape index (κ1) is 13.9. The molecule has 0 bridgehead atoms. The summed E-state index contributed by atoms with van der Waals surface area (Å²) in [4.78, 5) is 24.6. The Morgan fingerprint density at radius 3 is 2.13 bits per heavy atom. The Morgan fingerprint density at radius 1 is 1.20 bits per heavy atom. The predicted molar refractivity (Wildman–Crippen MR) is 60.4 cm³/mol. The maximum Gasteiger partial charge on any atom is 0.231 e. The molecule has 0 radical (unpaired) electrons. The zero-order chi connectivity index (χ0) is 11.8. The van der Waals surface area contributed by atoms with Crippen molar-refractivity contribution in [1.82, 2.24) is 10.2 Å². The molecule has 2 amide bonds. The number of nitrogens with zero attached hydrogens (tertiary/aromatic N) is 1. The molecular formula is C11H22N2O2. The van der Waals surface area contributed by atoms with Crippen molar-refractivity contribution >= 4 is 11.8 Å². The van der Waals surface area contributed by atoms with E-state index >= 15 is 0 Å². The topological polar surface area (TPSA) is 49.4 Å². The molecule has 4 heteroatoms. The lowest BCUT2D eigenvalue weighted by Gasteiger charge is -2.19. The Morgan fingerprint density at radius 2 is 1.73 bits per heavy atom. The summed E-state index contributed by atoms with van der Waals surface area (Å²) in [6.07, 6.45) is 0.844. The maximum absolute atomic E-state index is 11.6. The molecule has 1 atom stereocenters. The van der Waals surface area contributed by atoms with Gasteiger partial charge < -0.3 is 10.2 Å². The van der Waals surface area contributed by atoms with Gasteiger partial charge in [0.05, 0.1) is 0 Å². The predicted octanol–water partition coefficient (Wildman–Crippen LogP) is 1.16. The van der Waals surface area contributed by atoms with Gasteiger partial charge in [0, 0.05) is 19.1 Å². The van der Waals surface area contributed by atoms with Gasteiger partial charge in [-0.1, -0.05) is 6.92 Å². The van der Waals surface area contributed by atoms with Crippen LogP contribution in [0.25, 0.3) is 0 Å². The standard InChI is InChI=1S/C11H22N2O2/c1-5-9(4)12-10(14)8-11(15)13(6-2)7-3/h9H,5-8H2,1-4H3,(H,12,14). The van der Waals surface area contributed by atoms with Gasteiger partial charge in [0.1, 0.15) is 6.42 Å². The molecule has 0 saturated carbocycles. The van der Waals surface area contributed by atoms with E-state index in [1.54, 1.807) is 4.90 Å². The molecule has 0 aromatic carbocycles. The van der Waals surface area contributed by atoms with Crippen LogP contribution in [0.5, 0.6) is 0 Å². The molecule has 0 aliphatic rings. The Labute approximate surface area is 92.0 Å². The molecule has 0 heterocycles. The average molecular weight is 214 g/mol. The largest absolute Gasteiger partial charge is 0.353 e. The number of carbonyl (C=O) groups excluding carboxylic acids is 2. The molecule has 0 fully saturated rings. The minimum atomic E-state index is -0.179. The second kappa shape index (κ2) is 7.26. The summed E-state index contributed by atoms with van der Waals surface area (Å²) in [6.45, 7) is 9.07. The minimum Gasteiger partial charge on any atom is -0.353 e. The normalized spacial score (nSPS) is 12.0. The van der Waals surface area contributed by atoms with Gasteiger partial charge in [-0.25, -0.2) is 0 Å². The van der Waals surface area contributed by atoms with Gasteiger partial charge in [0.2, 0.25) is 11.8 Å². The Hall–Kier alpha value is -1.06. The number of carbonyl (C=O) groups is 2. The van der Waals surface area contributed by atoms with Crippen molar-refractivity contribution in [2.75, 3.05) is 13.1 Å². The minimum absolute atomic E-state index is 0.0357. The molecule has 0 aliphatic heterocycles. The van der Waals surface area contributed by atoms with Crippen molar-refractivity contribution in [3.05, 3.63) is 0 Å². The zero-order valence-corrected chi connectivity index (χ0v) is 10.2. The van der Waals surface area contributed by atoms with Crippen LogP contribution in [-0.2, 0) is 9.59 Å². The summed E-state index contributed by atoms with van der Waals surface area (Å²) in [5.74, 6) is -0.276. The summed E-state index contributed by atoms with van der Waals surface area (Å²) in [5, 5.41) is 2.78. The Balaban J connectivity index is 4.00. The van der Waals surface area contributed by atoms with E-state index in [1.165, 1.54) is 0 Å². The van der Waals surface area contributed by atoms with Crippen LogP contribution < -0.4 is 5.32 Å². The lowest BCUT2D eigenvalue weighted by Crippen LogP contribution is -2.38. The maximum atomic E-state index is 11.6. The molecule has 0 saturated heterocycles. The fourth-order valence-electron chi connectivity index (χ4n) is 1.25. The lowest BCUT2D eigenvalue weighted by atomic mass is 10.2. The molecule has 1 N–H and O–H groups in total. The second-order valence-corrected chi connectivity index (χ2v) is 3.62. The summed E-state index contributed by atoms with van der Waals surface area (Å²) in [5.41, 5.74) is 0. The first-order valence-corrected chi connectivity index (χ1v) is 5.62. The molecule has 1 unspecified atom stereocenters. The van der Waals surface area contributed by atoms with Crippen LogP contribution in [0.3, 0.4) is 0 Å². The fraction of sp³-hybridized carbons (Fsp3) is 0.818. The van der Waals surface area contributed by atoms with Crippen LogP contribution in [-0.4, -0.2) is 35.8 Å². The van der Waals surface area contributed by atoms with Crippen LogP contribution >= 0.6 is 0 Å². The van der Waals surface area contributed by atoms with Gasteiger partial charge in [0.25, 0.3) is 0 Å². The number of amides is 2. The van der Waals surface area contributed by atoms with Gasteiger partial charge in [-0.3, -0.25) is 9.59 Å². The van der Waals surface area contributed by atoms with E-state index in [4.69, 9.17) is 0 Å². The highest BCUT2D eigenvalue weighted by molar-refractivity contribution is 5.96. The van der Waals surface area contributed by atoms with Crippen LogP contribution in [0.15, 0.2) is 0 Å². The van der Waals surface area contributed by atoms with Crippen molar-refractivity contribution in [2.45, 2.75) is 46.6 Å². The quantitative estimate of drug-likeness (QED) is 0.674. The summed E-state index contributed by atoms with van der Waals surface area (Å²) in [6, 6.07) is 0.141. The zero-order valence-electron chi connectivity index (χ0n) is 10.2. The molecule has 4 nitrogen and oxygen atoms in total. The van der Waals surface area contributed by atoms with Crippen molar-refractivity contribution in [3.8, 4) is 0 Å². The first-order chi connectivity index (χ1) is 7.04. The number of hydrogen-bond donors (Lipinski definition) is 1. The molecule has 0 aromatic heterocycles. The SMILES string of the molecule is CCC(C)NC(=O)CC(=O)N(CC)CC. The third-order valence-electron chi connectivity index (χ3n) is 2.45. The summed E-state index contributed by atoms with van der Waals surface area (Å²) in [7, 11) is 0. The highest BCUT2D eigenvalue weighted by Crippen LogP contribution is 1.95. The highest BCUT2D eigenvalue weighted by atomic mass is 16.2. The third kappa shape index (κ3) is 5.40. The molecular weight excluding hydrogens is 192 g/mol. The van der Waals surface area contributed by atoms with Gasteiger partial charge in [-0.2, -0.15) is 0 Å². The van der Waals surface area contributed by atoms with Crippen molar-refractivity contribution < 1.29 is 9.59 Å². The first-order valence-electron chi connectivity index (χ1n) is 5.62. The molecule has 0 aliphatic carbocycles. The van der Waals surface area contributed by atoms with E-state index in [-0.39, 0.29) is 24.3 Å². The van der Waals surface area contributed by atoms with E-state index in [0.717, 1.165) is 6.42 Å². The van der Waals surface area contributed by atoms with E-state index in [1.807, 2.05) is 27.7 Å². The second-order valence-electron chi connectivity index (χ2n) is 3.62. The monoisotopic (exact) mass is 214 g/mol. The molecule has 0 spiro atoms. The van der Waals surface area contributed by atoms with Crippen molar-refractivity contribution in [2.24, 2.45) is 0 Å². The Bertz CT molecular complexity index is 213. The fourth-order valence-corrected chi connectivity index (χ4v) is 1.25. The van der Waals surface area contributed by atoms with E-state index in [9.17, 15) is 9.59 Å². The number of hydrogen-bond acceptors (Lipinski definition) is 2. The van der Waals surface area contributed by atoms with E-state index in [2.05, 4.69) is 5.32 Å². The average Bonchev–Trinajstić information content (AvgIpc) is 2.19. The molecule has 15 heavy (non-hydrogen) atoms. The molecule has 0 aromatic rings. The van der Waals surface area contributed by atoms with Gasteiger partial charge in [0.15, 0.2) is 0 Å². The lowest BCUT2D eigenvalue weighted by molar-refractivity contribution is -0.135. The number of nitrogens with one attached hydrogen (secondary N) is 1. The van der Waals surface area contributed by atoms with Gasteiger partial charge in [-0.15, -0.1) is 0 Å². The van der Waals surface area contributed by atoms with Gasteiger partial charge in [-0.05, 0) is 27.2 Å². The van der Waals surface area contributed by atoms with Crippen molar-refractivity contribution in [3.63, 3.8) is 0 Å². The van der Waals surface area contributed by atoms with Crippen LogP contribution in [0.4, 0.5) is 0 Å². The summed E-state index contributed by atoms with van der Waals surface area (Å²) >= 11 is 0. The molecule has 88 valence electrons. The third-order valence-corrected chi connectivity index (χ3v) is 2.45. The van der Waals surface area contributed by atoms with E-state index in [0.29, 0.717) is 13.1 Å². The Kier molecular flexibility index (Phi) is 6.75. The smallest absolute Gasteiger partial charge is 0.231 e. The van der Waals surface area contributed by atoms with Gasteiger partial charge >= 0.3 is 0 Å². The number of rotatable bonds is 6. The molecule has 0 rings (SSSR count). The van der Waals surface area contributed by atoms with Crippen LogP contribution in [0.2, 0.25) is 0 Å². The van der Waals surface area contributed by atoms with E-state index < -0.39 is 0 Å².